The Balaban J connectivity index is 1.39. The number of likely N-dealkylation sites (tertiary alicyclic amines) is 1. The average Bonchev–Trinajstić information content (AvgIpc) is 3.33. The van der Waals surface area contributed by atoms with Crippen molar-refractivity contribution in [3.63, 3.8) is 0 Å². The van der Waals surface area contributed by atoms with Crippen LogP contribution in [0.25, 0.3) is 0 Å². The zero-order valence-corrected chi connectivity index (χ0v) is 18.3. The van der Waals surface area contributed by atoms with Crippen LogP contribution in [0.3, 0.4) is 0 Å². The smallest absolute Gasteiger partial charge is 0.269 e. The number of hydrogen-bond donors (Lipinski definition) is 3. The average molecular weight is 447 g/mol. The van der Waals surface area contributed by atoms with E-state index in [1.807, 2.05) is 16.3 Å². The molecule has 0 atom stereocenters. The second kappa shape index (κ2) is 10.8. The third-order valence-electron chi connectivity index (χ3n) is 5.00. The minimum atomic E-state index is -0.454. The van der Waals surface area contributed by atoms with Gasteiger partial charge in [-0.15, -0.1) is 11.3 Å². The number of carbonyl (C=O) groups is 3. The summed E-state index contributed by atoms with van der Waals surface area (Å²) in [5.74, 6) is 0.122. The number of rotatable bonds is 7. The lowest BCUT2D eigenvalue weighted by atomic mass is 10.0. The van der Waals surface area contributed by atoms with Crippen LogP contribution >= 0.6 is 11.3 Å². The molecule has 0 aliphatic carbocycles. The first-order valence-corrected chi connectivity index (χ1v) is 10.8. The van der Waals surface area contributed by atoms with E-state index in [-0.39, 0.29) is 24.4 Å². The molecule has 9 nitrogen and oxygen atoms in total. The standard InChI is InChI=1S/C21H26N4O5S/c1-29-16-6-5-14(12-17(16)30-2)20(27)24-23-19(26)13-25-9-7-15(8-10-25)22-21(28)18-4-3-11-31-18/h3-6,11-12,15H,7-10,13H2,1-2H3,(H,22,28)(H,23,26)(H,24,27). The van der Waals surface area contributed by atoms with Crippen LogP contribution in [0.15, 0.2) is 35.7 Å². The summed E-state index contributed by atoms with van der Waals surface area (Å²) < 4.78 is 10.3. The zero-order chi connectivity index (χ0) is 22.2. The molecule has 3 N–H and O–H groups in total. The second-order valence-corrected chi connectivity index (χ2v) is 8.02. The topological polar surface area (TPSA) is 109 Å². The first-order chi connectivity index (χ1) is 15.0. The van der Waals surface area contributed by atoms with Crippen molar-refractivity contribution in [1.29, 1.82) is 0 Å². The first-order valence-electron chi connectivity index (χ1n) is 9.88. The van der Waals surface area contributed by atoms with Gasteiger partial charge in [0.15, 0.2) is 11.5 Å². The van der Waals surface area contributed by atoms with Gasteiger partial charge in [-0.25, -0.2) is 0 Å². The Morgan fingerprint density at radius 3 is 2.42 bits per heavy atom. The summed E-state index contributed by atoms with van der Waals surface area (Å²) in [5, 5.41) is 4.91. The van der Waals surface area contributed by atoms with Crippen molar-refractivity contribution in [2.24, 2.45) is 0 Å². The fourth-order valence-corrected chi connectivity index (χ4v) is 3.95. The van der Waals surface area contributed by atoms with E-state index in [9.17, 15) is 14.4 Å². The first kappa shape index (κ1) is 22.6. The second-order valence-electron chi connectivity index (χ2n) is 7.07. The lowest BCUT2D eigenvalue weighted by molar-refractivity contribution is -0.123. The number of thiophene rings is 1. The monoisotopic (exact) mass is 446 g/mol. The van der Waals surface area contributed by atoms with Crippen LogP contribution in [0.5, 0.6) is 11.5 Å². The molecule has 3 amide bonds. The van der Waals surface area contributed by atoms with Crippen molar-refractivity contribution < 1.29 is 23.9 Å². The molecule has 1 aromatic heterocycles. The summed E-state index contributed by atoms with van der Waals surface area (Å²) in [4.78, 5) is 39.3. The highest BCUT2D eigenvalue weighted by atomic mass is 32.1. The van der Waals surface area contributed by atoms with Gasteiger partial charge in [-0.05, 0) is 42.5 Å². The highest BCUT2D eigenvalue weighted by Gasteiger charge is 2.23. The lowest BCUT2D eigenvalue weighted by Crippen LogP contribution is -2.50. The number of hydrogen-bond acceptors (Lipinski definition) is 7. The number of methoxy groups -OCH3 is 2. The molecule has 1 aromatic carbocycles. The van der Waals surface area contributed by atoms with E-state index in [0.717, 1.165) is 12.8 Å². The molecule has 1 fully saturated rings. The normalized spacial score (nSPS) is 14.5. The molecule has 31 heavy (non-hydrogen) atoms. The summed E-state index contributed by atoms with van der Waals surface area (Å²) in [6.07, 6.45) is 1.53. The maximum Gasteiger partial charge on any atom is 0.269 e. The number of nitrogens with zero attached hydrogens (tertiary/aromatic N) is 1. The predicted molar refractivity (Wildman–Crippen MR) is 116 cm³/mol. The van der Waals surface area contributed by atoms with Gasteiger partial charge in [0.1, 0.15) is 0 Å². The van der Waals surface area contributed by atoms with Crippen molar-refractivity contribution in [2.45, 2.75) is 18.9 Å². The van der Waals surface area contributed by atoms with Crippen molar-refractivity contribution in [3.05, 3.63) is 46.2 Å². The number of carbonyl (C=O) groups excluding carboxylic acids is 3. The molecule has 0 saturated carbocycles. The Kier molecular flexibility index (Phi) is 7.85. The lowest BCUT2D eigenvalue weighted by Gasteiger charge is -2.31. The van der Waals surface area contributed by atoms with Gasteiger partial charge in [0.25, 0.3) is 17.7 Å². The molecule has 3 rings (SSSR count). The van der Waals surface area contributed by atoms with Crippen molar-refractivity contribution in [3.8, 4) is 11.5 Å². The molecule has 0 radical (unpaired) electrons. The summed E-state index contributed by atoms with van der Waals surface area (Å²) in [6, 6.07) is 8.49. The molecule has 0 bridgehead atoms. The van der Waals surface area contributed by atoms with Gasteiger partial charge in [-0.3, -0.25) is 30.1 Å². The number of nitrogens with one attached hydrogen (secondary N) is 3. The van der Waals surface area contributed by atoms with Gasteiger partial charge in [0, 0.05) is 24.7 Å². The van der Waals surface area contributed by atoms with Gasteiger partial charge in [-0.2, -0.15) is 0 Å². The van der Waals surface area contributed by atoms with Crippen LogP contribution in [-0.4, -0.2) is 62.5 Å². The van der Waals surface area contributed by atoms with Gasteiger partial charge in [0.05, 0.1) is 25.6 Å². The Hall–Kier alpha value is -3.11. The van der Waals surface area contributed by atoms with E-state index in [1.165, 1.54) is 31.6 Å². The number of benzene rings is 1. The quantitative estimate of drug-likeness (QED) is 0.555. The minimum Gasteiger partial charge on any atom is -0.493 e. The predicted octanol–water partition coefficient (Wildman–Crippen LogP) is 1.42. The summed E-state index contributed by atoms with van der Waals surface area (Å²) >= 11 is 1.42. The van der Waals surface area contributed by atoms with Crippen LogP contribution in [0.1, 0.15) is 32.9 Å². The molecule has 1 aliphatic heterocycles. The van der Waals surface area contributed by atoms with E-state index >= 15 is 0 Å². The van der Waals surface area contributed by atoms with E-state index in [2.05, 4.69) is 16.2 Å². The molecule has 0 spiro atoms. The largest absolute Gasteiger partial charge is 0.493 e. The number of amides is 3. The molecule has 10 heteroatoms. The van der Waals surface area contributed by atoms with Gasteiger partial charge >= 0.3 is 0 Å². The molecule has 166 valence electrons. The zero-order valence-electron chi connectivity index (χ0n) is 17.5. The Morgan fingerprint density at radius 2 is 1.77 bits per heavy atom. The summed E-state index contributed by atoms with van der Waals surface area (Å²) in [7, 11) is 3.00. The Bertz CT molecular complexity index is 910. The number of piperidine rings is 1. The fourth-order valence-electron chi connectivity index (χ4n) is 3.32. The molecule has 1 aliphatic rings. The molecule has 2 heterocycles. The van der Waals surface area contributed by atoms with E-state index in [4.69, 9.17) is 9.47 Å². The maximum absolute atomic E-state index is 12.3. The van der Waals surface area contributed by atoms with Gasteiger partial charge in [-0.1, -0.05) is 6.07 Å². The highest BCUT2D eigenvalue weighted by Crippen LogP contribution is 2.27. The Morgan fingerprint density at radius 1 is 1.03 bits per heavy atom. The van der Waals surface area contributed by atoms with E-state index in [1.54, 1.807) is 18.2 Å². The third kappa shape index (κ3) is 6.19. The summed E-state index contributed by atoms with van der Waals surface area (Å²) in [6.45, 7) is 1.54. The van der Waals surface area contributed by atoms with Crippen molar-refractivity contribution in [1.82, 2.24) is 21.1 Å². The van der Waals surface area contributed by atoms with Crippen LogP contribution < -0.4 is 25.6 Å². The van der Waals surface area contributed by atoms with Crippen molar-refractivity contribution in [2.75, 3.05) is 33.9 Å². The van der Waals surface area contributed by atoms with Crippen LogP contribution in [0, 0.1) is 0 Å². The molecular formula is C21H26N4O5S. The van der Waals surface area contributed by atoms with Crippen LogP contribution in [0.2, 0.25) is 0 Å². The minimum absolute atomic E-state index is 0.0518. The fraction of sp³-hybridized carbons (Fsp3) is 0.381. The van der Waals surface area contributed by atoms with Crippen molar-refractivity contribution >= 4 is 29.1 Å². The molecular weight excluding hydrogens is 420 g/mol. The molecule has 0 unspecified atom stereocenters. The Labute approximate surface area is 184 Å². The SMILES string of the molecule is COc1ccc(C(=O)NNC(=O)CN2CCC(NC(=O)c3cccs3)CC2)cc1OC. The highest BCUT2D eigenvalue weighted by molar-refractivity contribution is 7.12. The van der Waals surface area contributed by atoms with Crippen LogP contribution in [-0.2, 0) is 4.79 Å². The maximum atomic E-state index is 12.3. The van der Waals surface area contributed by atoms with E-state index in [0.29, 0.717) is 35.0 Å². The number of ether oxygens (including phenoxy) is 2. The number of hydrazine groups is 1. The van der Waals surface area contributed by atoms with Gasteiger partial charge in [0.2, 0.25) is 0 Å². The van der Waals surface area contributed by atoms with Crippen LogP contribution in [0.4, 0.5) is 0 Å². The molecule has 1 saturated heterocycles. The summed E-state index contributed by atoms with van der Waals surface area (Å²) in [5.41, 5.74) is 5.18. The third-order valence-corrected chi connectivity index (χ3v) is 5.86. The van der Waals surface area contributed by atoms with E-state index < -0.39 is 5.91 Å². The molecule has 2 aromatic rings. The van der Waals surface area contributed by atoms with Gasteiger partial charge < -0.3 is 14.8 Å².